The molecule has 1 atom stereocenters. The maximum absolute atomic E-state index is 13.4. The van der Waals surface area contributed by atoms with Crippen LogP contribution in [0.1, 0.15) is 42.9 Å². The van der Waals surface area contributed by atoms with Gasteiger partial charge < -0.3 is 0 Å². The van der Waals surface area contributed by atoms with E-state index in [2.05, 4.69) is 11.9 Å². The molecule has 1 heterocycles. The monoisotopic (exact) mass is 426 g/mol. The Morgan fingerprint density at radius 1 is 1.27 bits per heavy atom. The van der Waals surface area contributed by atoms with E-state index >= 15 is 0 Å². The van der Waals surface area contributed by atoms with Gasteiger partial charge in [0.2, 0.25) is 0 Å². The van der Waals surface area contributed by atoms with Crippen LogP contribution < -0.4 is 21.2 Å². The molecule has 1 aromatic rings. The quantitative estimate of drug-likeness (QED) is 0.518. The summed E-state index contributed by atoms with van der Waals surface area (Å²) < 4.78 is 41.8. The summed E-state index contributed by atoms with van der Waals surface area (Å²) in [7, 11) is 2.10. The van der Waals surface area contributed by atoms with Crippen LogP contribution in [-0.2, 0) is 12.6 Å². The third kappa shape index (κ3) is 4.85. The molecule has 1 aromatic carbocycles. The van der Waals surface area contributed by atoms with Gasteiger partial charge >= 0.3 is 141 Å². The Hall–Kier alpha value is -0.300. The number of benzene rings is 1. The van der Waals surface area contributed by atoms with Gasteiger partial charge in [0.15, 0.2) is 0 Å². The molecule has 1 unspecified atom stereocenters. The van der Waals surface area contributed by atoms with Gasteiger partial charge in [-0.3, -0.25) is 0 Å². The summed E-state index contributed by atoms with van der Waals surface area (Å²) in [6.07, 6.45) is -2.62. The Morgan fingerprint density at radius 2 is 2.00 bits per heavy atom. The van der Waals surface area contributed by atoms with Gasteiger partial charge in [0.25, 0.3) is 0 Å². The predicted molar refractivity (Wildman–Crippen MR) is 80.0 cm³/mol. The molecule has 1 saturated heterocycles. The number of rotatable bonds is 3. The van der Waals surface area contributed by atoms with Crippen molar-refractivity contribution in [1.29, 1.82) is 0 Å². The van der Waals surface area contributed by atoms with Gasteiger partial charge in [-0.1, -0.05) is 0 Å². The second-order valence-corrected chi connectivity index (χ2v) is 10.0. The van der Waals surface area contributed by atoms with Crippen molar-refractivity contribution in [2.75, 3.05) is 24.6 Å². The van der Waals surface area contributed by atoms with Crippen molar-refractivity contribution in [2.45, 2.75) is 42.7 Å². The molecule has 1 fully saturated rings. The molecular weight excluding hydrogens is 402 g/mol. The number of halogens is 4. The van der Waals surface area contributed by atoms with E-state index in [1.165, 1.54) is 10.5 Å². The molecule has 0 amide bonds. The van der Waals surface area contributed by atoms with Crippen LogP contribution in [0.15, 0.2) is 18.2 Å². The van der Waals surface area contributed by atoms with E-state index in [0.717, 1.165) is 25.1 Å². The molecule has 22 heavy (non-hydrogen) atoms. The van der Waals surface area contributed by atoms with Crippen molar-refractivity contribution in [3.8, 4) is 0 Å². The molecule has 0 saturated carbocycles. The number of nitrogens with zero attached hydrogens (tertiary/aromatic N) is 1. The Balaban J connectivity index is 2.22. The first-order valence-electron chi connectivity index (χ1n) is 7.73. The van der Waals surface area contributed by atoms with E-state index in [-0.39, 0.29) is 27.1 Å². The van der Waals surface area contributed by atoms with E-state index in [0.29, 0.717) is 15.9 Å². The third-order valence-electron chi connectivity index (χ3n) is 4.17. The first kappa shape index (κ1) is 18.0. The summed E-state index contributed by atoms with van der Waals surface area (Å²) in [6.45, 7) is 5.97. The summed E-state index contributed by atoms with van der Waals surface area (Å²) in [5.41, 5.74) is 0.845. The molecule has 0 spiro atoms. The van der Waals surface area contributed by atoms with Crippen LogP contribution in [0, 0.1) is 0 Å². The van der Waals surface area contributed by atoms with E-state index in [4.69, 9.17) is 0 Å². The van der Waals surface area contributed by atoms with E-state index in [1.54, 1.807) is 6.07 Å². The summed E-state index contributed by atoms with van der Waals surface area (Å²) in [5, 5.41) is 0. The van der Waals surface area contributed by atoms with Gasteiger partial charge in [0, 0.05) is 0 Å². The Kier molecular flexibility index (Phi) is 6.16. The van der Waals surface area contributed by atoms with Crippen LogP contribution in [0.25, 0.3) is 0 Å². The second-order valence-electron chi connectivity index (χ2n) is 6.31. The molecule has 1 aliphatic heterocycles. The van der Waals surface area contributed by atoms with Crippen LogP contribution in [0.3, 0.4) is 0 Å². The first-order valence-corrected chi connectivity index (χ1v) is 10.5. The summed E-state index contributed by atoms with van der Waals surface area (Å²) >= 11 is -0.0109. The zero-order chi connectivity index (χ0) is 16.3. The number of hydrogen-bond donors (Lipinski definition) is 0. The molecule has 0 bridgehead atoms. The van der Waals surface area contributed by atoms with Crippen molar-refractivity contribution in [3.63, 3.8) is 0 Å². The van der Waals surface area contributed by atoms with Gasteiger partial charge in [-0.25, -0.2) is 0 Å². The summed E-state index contributed by atoms with van der Waals surface area (Å²) in [5.74, 6) is 0.120. The van der Waals surface area contributed by atoms with Crippen molar-refractivity contribution >= 4 is 0 Å². The average molecular weight is 426 g/mol. The normalized spacial score (nSPS) is 21.5. The molecule has 0 radical (unpaired) electrons. The summed E-state index contributed by atoms with van der Waals surface area (Å²) in [4.78, 5) is 2.30. The Labute approximate surface area is 141 Å². The van der Waals surface area contributed by atoms with E-state index < -0.39 is 11.7 Å². The average Bonchev–Trinajstić information content (AvgIpc) is 2.63. The molecule has 0 aromatic heterocycles. The van der Waals surface area contributed by atoms with Crippen molar-refractivity contribution in [2.24, 2.45) is 0 Å². The first-order chi connectivity index (χ1) is 10.3. The maximum atomic E-state index is 13.4. The molecule has 0 N–H and O–H groups in total. The van der Waals surface area contributed by atoms with Crippen molar-refractivity contribution in [1.82, 2.24) is 4.90 Å². The fourth-order valence-corrected chi connectivity index (χ4v) is 6.17. The third-order valence-corrected chi connectivity index (χ3v) is 7.58. The van der Waals surface area contributed by atoms with Gasteiger partial charge in [-0.2, -0.15) is 0 Å². The van der Waals surface area contributed by atoms with E-state index in [1.807, 2.05) is 19.9 Å². The SMILES string of the molecule is CC(C)c1ccc(CC2CCN(C)CC[I-]2)c(C(F)(F)F)c1. The topological polar surface area (TPSA) is 3.24 Å². The van der Waals surface area contributed by atoms with Gasteiger partial charge in [0.05, 0.1) is 0 Å². The standard InChI is InChI=1S/C17H24F3IN/c1-12(2)13-4-5-14(16(11-13)17(18,19)20)10-15-6-8-22(3)9-7-21-15/h4-5,11-12,15H,6-10H2,1-3H3/q-1. The molecule has 1 aliphatic rings. The van der Waals surface area contributed by atoms with Crippen molar-refractivity contribution < 1.29 is 34.4 Å². The fraction of sp³-hybridized carbons (Fsp3) is 0.647. The van der Waals surface area contributed by atoms with Crippen LogP contribution in [0.2, 0.25) is 0 Å². The minimum atomic E-state index is -4.25. The number of hydrogen-bond acceptors (Lipinski definition) is 1. The number of alkyl halides is 5. The Bertz CT molecular complexity index is 499. The second kappa shape index (κ2) is 7.51. The molecule has 126 valence electrons. The molecule has 0 aliphatic carbocycles. The van der Waals surface area contributed by atoms with Gasteiger partial charge in [-0.05, 0) is 0 Å². The molecular formula is C17H24F3IN-. The van der Waals surface area contributed by atoms with Gasteiger partial charge in [-0.15, -0.1) is 0 Å². The van der Waals surface area contributed by atoms with Crippen LogP contribution >= 0.6 is 0 Å². The molecule has 1 nitrogen and oxygen atoms in total. The zero-order valence-electron chi connectivity index (χ0n) is 13.4. The zero-order valence-corrected chi connectivity index (χ0v) is 15.5. The van der Waals surface area contributed by atoms with E-state index in [9.17, 15) is 13.2 Å². The van der Waals surface area contributed by atoms with Crippen LogP contribution in [0.4, 0.5) is 13.2 Å². The van der Waals surface area contributed by atoms with Crippen LogP contribution in [0.5, 0.6) is 0 Å². The predicted octanol–water partition coefficient (Wildman–Crippen LogP) is 1.16. The molecule has 2 rings (SSSR count). The van der Waals surface area contributed by atoms with Crippen molar-refractivity contribution in [3.05, 3.63) is 34.9 Å². The van der Waals surface area contributed by atoms with Gasteiger partial charge in [0.1, 0.15) is 0 Å². The minimum absolute atomic E-state index is 0.0109. The Morgan fingerprint density at radius 3 is 2.64 bits per heavy atom. The van der Waals surface area contributed by atoms with Crippen LogP contribution in [-0.4, -0.2) is 33.4 Å². The summed E-state index contributed by atoms with van der Waals surface area (Å²) in [6, 6.07) is 4.95. The fourth-order valence-electron chi connectivity index (χ4n) is 2.69. The molecule has 5 heteroatoms.